The van der Waals surface area contributed by atoms with E-state index < -0.39 is 0 Å². The number of hydrogen-bond donors (Lipinski definition) is 0. The van der Waals surface area contributed by atoms with Gasteiger partial charge >= 0.3 is 0 Å². The second-order valence-corrected chi connectivity index (χ2v) is 8.12. The molecule has 3 aromatic rings. The number of ether oxygens (including phenoxy) is 1. The minimum absolute atomic E-state index is 0.0692. The van der Waals surface area contributed by atoms with Gasteiger partial charge in [-0.25, -0.2) is 0 Å². The van der Waals surface area contributed by atoms with Crippen molar-refractivity contribution in [1.29, 1.82) is 0 Å². The molecule has 0 N–H and O–H groups in total. The molecule has 3 rings (SSSR count). The van der Waals surface area contributed by atoms with Gasteiger partial charge in [0.1, 0.15) is 5.58 Å². The fourth-order valence-electron chi connectivity index (χ4n) is 2.82. The van der Waals surface area contributed by atoms with Gasteiger partial charge in [-0.2, -0.15) is 0 Å². The van der Waals surface area contributed by atoms with Crippen molar-refractivity contribution in [1.82, 2.24) is 0 Å². The molecule has 136 valence electrons. The van der Waals surface area contributed by atoms with Crippen molar-refractivity contribution >= 4 is 11.0 Å². The maximum Gasteiger partial charge on any atom is 0.235 e. The lowest BCUT2D eigenvalue weighted by molar-refractivity contribution is 0.265. The molecule has 1 heterocycles. The zero-order valence-electron chi connectivity index (χ0n) is 16.1. The normalized spacial score (nSPS) is 11.9. The molecule has 2 aromatic carbocycles. The second-order valence-electron chi connectivity index (χ2n) is 8.12. The molecular weight excluding hydrogens is 324 g/mol. The van der Waals surface area contributed by atoms with E-state index in [0.29, 0.717) is 35.0 Å². The number of rotatable bonds is 4. The molecule has 26 heavy (non-hydrogen) atoms. The van der Waals surface area contributed by atoms with E-state index in [0.717, 1.165) is 5.56 Å². The Labute approximate surface area is 154 Å². The van der Waals surface area contributed by atoms with Crippen LogP contribution in [0.4, 0.5) is 0 Å². The molecule has 0 saturated heterocycles. The average molecular weight is 350 g/mol. The van der Waals surface area contributed by atoms with Crippen LogP contribution in [0.5, 0.6) is 5.75 Å². The first-order valence-corrected chi connectivity index (χ1v) is 9.07. The molecule has 3 heteroatoms. The standard InChI is InChI=1S/C23H26O3/c1-15(2)14-25-22-20(24)18-8-6-7-9-19(18)26-21(22)16-10-12-17(13-11-16)23(3,4)5/h6-13,15H,14H2,1-5H3. The summed E-state index contributed by atoms with van der Waals surface area (Å²) in [6.07, 6.45) is 0. The summed E-state index contributed by atoms with van der Waals surface area (Å²) in [5.41, 5.74) is 2.60. The molecule has 0 spiro atoms. The third-order valence-electron chi connectivity index (χ3n) is 4.33. The second kappa shape index (κ2) is 6.99. The van der Waals surface area contributed by atoms with E-state index in [1.54, 1.807) is 6.07 Å². The van der Waals surface area contributed by atoms with Crippen molar-refractivity contribution < 1.29 is 9.15 Å². The topological polar surface area (TPSA) is 39.4 Å². The fraction of sp³-hybridized carbons (Fsp3) is 0.348. The lowest BCUT2D eigenvalue weighted by atomic mass is 9.86. The third-order valence-corrected chi connectivity index (χ3v) is 4.33. The smallest absolute Gasteiger partial charge is 0.235 e. The highest BCUT2D eigenvalue weighted by molar-refractivity contribution is 5.81. The van der Waals surface area contributed by atoms with Gasteiger partial charge in [0.2, 0.25) is 11.2 Å². The minimum Gasteiger partial charge on any atom is -0.486 e. The predicted octanol–water partition coefficient (Wildman–Crippen LogP) is 5.79. The van der Waals surface area contributed by atoms with Crippen LogP contribution in [0.15, 0.2) is 57.7 Å². The van der Waals surface area contributed by atoms with Crippen LogP contribution in [-0.2, 0) is 5.41 Å². The van der Waals surface area contributed by atoms with E-state index in [1.165, 1.54) is 5.56 Å². The molecule has 0 saturated carbocycles. The van der Waals surface area contributed by atoms with Crippen LogP contribution >= 0.6 is 0 Å². The average Bonchev–Trinajstić information content (AvgIpc) is 2.60. The minimum atomic E-state index is -0.123. The van der Waals surface area contributed by atoms with Crippen LogP contribution in [0.25, 0.3) is 22.3 Å². The maximum atomic E-state index is 13.0. The Morgan fingerprint density at radius 2 is 1.65 bits per heavy atom. The number of fused-ring (bicyclic) bond motifs is 1. The summed E-state index contributed by atoms with van der Waals surface area (Å²) >= 11 is 0. The van der Waals surface area contributed by atoms with E-state index in [4.69, 9.17) is 9.15 Å². The molecule has 0 radical (unpaired) electrons. The maximum absolute atomic E-state index is 13.0. The van der Waals surface area contributed by atoms with Crippen molar-refractivity contribution in [2.45, 2.75) is 40.0 Å². The third kappa shape index (κ3) is 3.67. The highest BCUT2D eigenvalue weighted by atomic mass is 16.5. The Hall–Kier alpha value is -2.55. The highest BCUT2D eigenvalue weighted by Gasteiger charge is 2.19. The summed E-state index contributed by atoms with van der Waals surface area (Å²) in [6.45, 7) is 11.1. The van der Waals surface area contributed by atoms with Crippen molar-refractivity contribution in [2.75, 3.05) is 6.61 Å². The van der Waals surface area contributed by atoms with Crippen molar-refractivity contribution in [3.05, 3.63) is 64.3 Å². The Morgan fingerprint density at radius 3 is 2.27 bits per heavy atom. The van der Waals surface area contributed by atoms with Gasteiger partial charge in [-0.3, -0.25) is 4.79 Å². The van der Waals surface area contributed by atoms with Crippen molar-refractivity contribution in [3.8, 4) is 17.1 Å². The summed E-state index contributed by atoms with van der Waals surface area (Å²) < 4.78 is 12.0. The lowest BCUT2D eigenvalue weighted by Crippen LogP contribution is -2.14. The first kappa shape index (κ1) is 18.2. The summed E-state index contributed by atoms with van der Waals surface area (Å²) in [4.78, 5) is 13.0. The number of para-hydroxylation sites is 1. The van der Waals surface area contributed by atoms with E-state index in [2.05, 4.69) is 46.8 Å². The quantitative estimate of drug-likeness (QED) is 0.597. The first-order chi connectivity index (χ1) is 12.3. The van der Waals surface area contributed by atoms with Crippen LogP contribution in [0.2, 0.25) is 0 Å². The van der Waals surface area contributed by atoms with Gasteiger partial charge in [0.15, 0.2) is 5.76 Å². The summed E-state index contributed by atoms with van der Waals surface area (Å²) in [5.74, 6) is 1.10. The Bertz CT molecular complexity index is 957. The number of benzene rings is 2. The van der Waals surface area contributed by atoms with Gasteiger partial charge in [-0.05, 0) is 29.0 Å². The molecule has 0 amide bonds. The van der Waals surface area contributed by atoms with Gasteiger partial charge in [0, 0.05) is 5.56 Å². The van der Waals surface area contributed by atoms with Crippen LogP contribution in [0.3, 0.4) is 0 Å². The summed E-state index contributed by atoms with van der Waals surface area (Å²) in [7, 11) is 0. The summed E-state index contributed by atoms with van der Waals surface area (Å²) in [6, 6.07) is 15.4. The molecule has 1 aromatic heterocycles. The van der Waals surface area contributed by atoms with Crippen molar-refractivity contribution in [2.24, 2.45) is 5.92 Å². The van der Waals surface area contributed by atoms with Crippen LogP contribution in [-0.4, -0.2) is 6.61 Å². The predicted molar refractivity (Wildman–Crippen MR) is 107 cm³/mol. The van der Waals surface area contributed by atoms with Gasteiger partial charge in [0.25, 0.3) is 0 Å². The monoisotopic (exact) mass is 350 g/mol. The van der Waals surface area contributed by atoms with Crippen LogP contribution < -0.4 is 10.2 Å². The summed E-state index contributed by atoms with van der Waals surface area (Å²) in [5, 5.41) is 0.543. The van der Waals surface area contributed by atoms with Gasteiger partial charge in [-0.1, -0.05) is 71.0 Å². The van der Waals surface area contributed by atoms with Gasteiger partial charge < -0.3 is 9.15 Å². The largest absolute Gasteiger partial charge is 0.486 e. The first-order valence-electron chi connectivity index (χ1n) is 9.07. The zero-order valence-corrected chi connectivity index (χ0v) is 16.1. The van der Waals surface area contributed by atoms with E-state index in [1.807, 2.05) is 30.3 Å². The highest BCUT2D eigenvalue weighted by Crippen LogP contribution is 2.32. The van der Waals surface area contributed by atoms with Crippen LogP contribution in [0, 0.1) is 5.92 Å². The molecular formula is C23H26O3. The molecule has 3 nitrogen and oxygen atoms in total. The van der Waals surface area contributed by atoms with E-state index in [-0.39, 0.29) is 10.8 Å². The van der Waals surface area contributed by atoms with E-state index >= 15 is 0 Å². The van der Waals surface area contributed by atoms with E-state index in [9.17, 15) is 4.79 Å². The Kier molecular flexibility index (Phi) is 4.90. The molecule has 0 aliphatic carbocycles. The molecule has 0 atom stereocenters. The molecule has 0 aliphatic rings. The lowest BCUT2D eigenvalue weighted by Gasteiger charge is -2.19. The van der Waals surface area contributed by atoms with Crippen LogP contribution in [0.1, 0.15) is 40.2 Å². The molecule has 0 fully saturated rings. The van der Waals surface area contributed by atoms with Gasteiger partial charge in [-0.15, -0.1) is 0 Å². The Balaban J connectivity index is 2.16. The Morgan fingerprint density at radius 1 is 1.00 bits per heavy atom. The molecule has 0 aliphatic heterocycles. The zero-order chi connectivity index (χ0) is 18.9. The molecule has 0 unspecified atom stereocenters. The molecule has 0 bridgehead atoms. The van der Waals surface area contributed by atoms with Gasteiger partial charge in [0.05, 0.1) is 12.0 Å². The fourth-order valence-corrected chi connectivity index (χ4v) is 2.82. The van der Waals surface area contributed by atoms with Crippen molar-refractivity contribution in [3.63, 3.8) is 0 Å². The SMILES string of the molecule is CC(C)COc1c(-c2ccc(C(C)(C)C)cc2)oc2ccccc2c1=O. The number of hydrogen-bond acceptors (Lipinski definition) is 3.